The first-order valence-electron chi connectivity index (χ1n) is 3.72. The van der Waals surface area contributed by atoms with Gasteiger partial charge < -0.3 is 5.73 Å². The second-order valence-electron chi connectivity index (χ2n) is 2.38. The molecular weight excluding hydrogens is 196 g/mol. The highest BCUT2D eigenvalue weighted by atomic mass is 32.2. The van der Waals surface area contributed by atoms with Crippen LogP contribution in [-0.2, 0) is 10.0 Å². The van der Waals surface area contributed by atoms with Gasteiger partial charge in [0.25, 0.3) is 0 Å². The molecule has 0 fully saturated rings. The average Bonchev–Trinajstić information content (AvgIpc) is 2.00. The Kier molecular flexibility index (Phi) is 4.66. The highest BCUT2D eigenvalue weighted by molar-refractivity contribution is 7.89. The van der Waals surface area contributed by atoms with E-state index in [1.807, 2.05) is 6.92 Å². The standard InChI is InChI=1S/C6H14N2O2S2/c1-3-5(6(7)11)8-12(9,10)4-2/h5,8H,3-4H2,1-2H3,(H2,7,11). The molecule has 3 N–H and O–H groups in total. The van der Waals surface area contributed by atoms with Gasteiger partial charge in [-0.15, -0.1) is 0 Å². The van der Waals surface area contributed by atoms with Crippen LogP contribution in [0.1, 0.15) is 20.3 Å². The van der Waals surface area contributed by atoms with Gasteiger partial charge in [0.15, 0.2) is 0 Å². The van der Waals surface area contributed by atoms with Crippen molar-refractivity contribution < 1.29 is 8.42 Å². The molecule has 72 valence electrons. The van der Waals surface area contributed by atoms with Gasteiger partial charge in [-0.3, -0.25) is 0 Å². The van der Waals surface area contributed by atoms with Crippen molar-refractivity contribution in [2.75, 3.05) is 5.75 Å². The highest BCUT2D eigenvalue weighted by Gasteiger charge is 2.15. The summed E-state index contributed by atoms with van der Waals surface area (Å²) in [5.74, 6) is 0.0477. The molecule has 0 rings (SSSR count). The second kappa shape index (κ2) is 4.74. The molecule has 0 spiro atoms. The van der Waals surface area contributed by atoms with E-state index in [2.05, 4.69) is 16.9 Å². The Balaban J connectivity index is 4.32. The largest absolute Gasteiger partial charge is 0.392 e. The lowest BCUT2D eigenvalue weighted by atomic mass is 10.2. The van der Waals surface area contributed by atoms with E-state index in [1.165, 1.54) is 0 Å². The molecule has 6 heteroatoms. The zero-order valence-corrected chi connectivity index (χ0v) is 8.83. The molecule has 0 bridgehead atoms. The van der Waals surface area contributed by atoms with E-state index >= 15 is 0 Å². The minimum Gasteiger partial charge on any atom is -0.392 e. The fraction of sp³-hybridized carbons (Fsp3) is 0.833. The number of hydrogen-bond donors (Lipinski definition) is 2. The van der Waals surface area contributed by atoms with E-state index in [0.29, 0.717) is 6.42 Å². The van der Waals surface area contributed by atoms with E-state index in [1.54, 1.807) is 6.92 Å². The first-order valence-corrected chi connectivity index (χ1v) is 5.78. The summed E-state index contributed by atoms with van der Waals surface area (Å²) in [7, 11) is -3.19. The fourth-order valence-corrected chi connectivity index (χ4v) is 1.84. The molecule has 0 saturated heterocycles. The first kappa shape index (κ1) is 11.8. The van der Waals surface area contributed by atoms with Gasteiger partial charge in [0, 0.05) is 0 Å². The summed E-state index contributed by atoms with van der Waals surface area (Å²) in [6, 6.07) is -0.412. The zero-order valence-electron chi connectivity index (χ0n) is 7.20. The predicted molar refractivity (Wildman–Crippen MR) is 53.5 cm³/mol. The topological polar surface area (TPSA) is 72.2 Å². The van der Waals surface area contributed by atoms with E-state index < -0.39 is 16.1 Å². The molecule has 0 radical (unpaired) electrons. The number of thiocarbonyl (C=S) groups is 1. The third-order valence-corrected chi connectivity index (χ3v) is 3.14. The lowest BCUT2D eigenvalue weighted by Crippen LogP contribution is -2.43. The van der Waals surface area contributed by atoms with Crippen LogP contribution in [0.2, 0.25) is 0 Å². The molecule has 4 nitrogen and oxygen atoms in total. The van der Waals surface area contributed by atoms with Gasteiger partial charge >= 0.3 is 0 Å². The molecule has 0 saturated carbocycles. The lowest BCUT2D eigenvalue weighted by molar-refractivity contribution is 0.574. The molecule has 12 heavy (non-hydrogen) atoms. The van der Waals surface area contributed by atoms with Gasteiger partial charge in [0.2, 0.25) is 10.0 Å². The van der Waals surface area contributed by atoms with Crippen molar-refractivity contribution in [3.05, 3.63) is 0 Å². The molecule has 0 amide bonds. The number of hydrogen-bond acceptors (Lipinski definition) is 3. The van der Waals surface area contributed by atoms with Crippen LogP contribution in [0.5, 0.6) is 0 Å². The van der Waals surface area contributed by atoms with E-state index in [0.717, 1.165) is 0 Å². The fourth-order valence-electron chi connectivity index (χ4n) is 0.643. The summed E-state index contributed by atoms with van der Waals surface area (Å²) in [5, 5.41) is 0. The summed E-state index contributed by atoms with van der Waals surface area (Å²) in [5.41, 5.74) is 5.31. The van der Waals surface area contributed by atoms with Crippen LogP contribution in [0.25, 0.3) is 0 Å². The van der Waals surface area contributed by atoms with Crippen molar-refractivity contribution in [2.45, 2.75) is 26.3 Å². The van der Waals surface area contributed by atoms with Crippen molar-refractivity contribution in [3.63, 3.8) is 0 Å². The maximum atomic E-state index is 11.0. The number of rotatable bonds is 5. The number of sulfonamides is 1. The maximum Gasteiger partial charge on any atom is 0.211 e. The average molecular weight is 210 g/mol. The van der Waals surface area contributed by atoms with Crippen LogP contribution >= 0.6 is 12.2 Å². The van der Waals surface area contributed by atoms with Gasteiger partial charge in [0.05, 0.1) is 16.8 Å². The van der Waals surface area contributed by atoms with Crippen LogP contribution < -0.4 is 10.5 Å². The molecule has 0 aliphatic rings. The van der Waals surface area contributed by atoms with Gasteiger partial charge in [0.1, 0.15) is 0 Å². The Morgan fingerprint density at radius 1 is 1.58 bits per heavy atom. The van der Waals surface area contributed by atoms with Crippen molar-refractivity contribution in [2.24, 2.45) is 5.73 Å². The van der Waals surface area contributed by atoms with Crippen LogP contribution in [0.15, 0.2) is 0 Å². The van der Waals surface area contributed by atoms with E-state index in [4.69, 9.17) is 5.73 Å². The van der Waals surface area contributed by atoms with Crippen molar-refractivity contribution >= 4 is 27.2 Å². The third-order valence-electron chi connectivity index (χ3n) is 1.45. The second-order valence-corrected chi connectivity index (χ2v) is 4.90. The van der Waals surface area contributed by atoms with Crippen LogP contribution in [0, 0.1) is 0 Å². The minimum atomic E-state index is -3.19. The SMILES string of the molecule is CCC(NS(=O)(=O)CC)C(N)=S. The highest BCUT2D eigenvalue weighted by Crippen LogP contribution is 1.95. The van der Waals surface area contributed by atoms with Crippen LogP contribution in [0.4, 0.5) is 0 Å². The van der Waals surface area contributed by atoms with Crippen molar-refractivity contribution in [1.29, 1.82) is 0 Å². The quantitative estimate of drug-likeness (QED) is 0.626. The van der Waals surface area contributed by atoms with E-state index in [-0.39, 0.29) is 10.7 Å². The Morgan fingerprint density at radius 2 is 2.08 bits per heavy atom. The molecule has 1 unspecified atom stereocenters. The Morgan fingerprint density at radius 3 is 2.33 bits per heavy atom. The Labute approximate surface area is 78.6 Å². The van der Waals surface area contributed by atoms with Crippen LogP contribution in [-0.4, -0.2) is 25.2 Å². The van der Waals surface area contributed by atoms with Gasteiger partial charge in [-0.25, -0.2) is 13.1 Å². The molecular formula is C6H14N2O2S2. The molecule has 0 aliphatic carbocycles. The smallest absolute Gasteiger partial charge is 0.211 e. The molecule has 0 aliphatic heterocycles. The lowest BCUT2D eigenvalue weighted by Gasteiger charge is -2.14. The Bertz CT molecular complexity index is 248. The number of nitrogens with two attached hydrogens (primary N) is 1. The monoisotopic (exact) mass is 210 g/mol. The molecule has 1 atom stereocenters. The minimum absolute atomic E-state index is 0.0477. The molecule has 0 aromatic rings. The van der Waals surface area contributed by atoms with Crippen molar-refractivity contribution in [1.82, 2.24) is 4.72 Å². The summed E-state index contributed by atoms with van der Waals surface area (Å²) < 4.78 is 24.5. The van der Waals surface area contributed by atoms with Crippen LogP contribution in [0.3, 0.4) is 0 Å². The predicted octanol–water partition coefficient (Wildman–Crippen LogP) is -0.00960. The summed E-state index contributed by atoms with van der Waals surface area (Å²) in [6.45, 7) is 3.39. The molecule has 0 heterocycles. The summed E-state index contributed by atoms with van der Waals surface area (Å²) in [6.07, 6.45) is 0.578. The summed E-state index contributed by atoms with van der Waals surface area (Å²) in [4.78, 5) is 0.189. The van der Waals surface area contributed by atoms with Gasteiger partial charge in [-0.2, -0.15) is 0 Å². The summed E-state index contributed by atoms with van der Waals surface area (Å²) >= 11 is 4.68. The first-order chi connectivity index (χ1) is 5.43. The maximum absolute atomic E-state index is 11.0. The number of nitrogens with one attached hydrogen (secondary N) is 1. The Hall–Kier alpha value is -0.200. The normalized spacial score (nSPS) is 14.2. The van der Waals surface area contributed by atoms with Gasteiger partial charge in [-0.05, 0) is 13.3 Å². The molecule has 0 aromatic carbocycles. The van der Waals surface area contributed by atoms with E-state index in [9.17, 15) is 8.42 Å². The van der Waals surface area contributed by atoms with Crippen molar-refractivity contribution in [3.8, 4) is 0 Å². The van der Waals surface area contributed by atoms with Gasteiger partial charge in [-0.1, -0.05) is 19.1 Å². The molecule has 0 aromatic heterocycles. The third kappa shape index (κ3) is 3.99. The zero-order chi connectivity index (χ0) is 9.78.